The van der Waals surface area contributed by atoms with Gasteiger partial charge in [-0.15, -0.1) is 0 Å². The van der Waals surface area contributed by atoms with Crippen molar-refractivity contribution in [2.24, 2.45) is 0 Å². The van der Waals surface area contributed by atoms with Gasteiger partial charge in [-0.3, -0.25) is 13.9 Å². The van der Waals surface area contributed by atoms with Gasteiger partial charge in [0.2, 0.25) is 21.8 Å². The second-order valence-corrected chi connectivity index (χ2v) is 12.5. The molecule has 0 radical (unpaired) electrons. The molecule has 1 unspecified atom stereocenters. The monoisotopic (exact) mass is 603 g/mol. The highest BCUT2D eigenvalue weighted by atomic mass is 35.5. The maximum Gasteiger partial charge on any atom is 0.244 e. The van der Waals surface area contributed by atoms with E-state index in [1.807, 2.05) is 68.4 Å². The molecule has 1 N–H and O–H groups in total. The summed E-state index contributed by atoms with van der Waals surface area (Å²) in [7, 11) is -3.91. The molecule has 2 amide bonds. The van der Waals surface area contributed by atoms with E-state index in [0.717, 1.165) is 40.1 Å². The molecule has 0 saturated carbocycles. The molecule has 1 atom stereocenters. The van der Waals surface area contributed by atoms with E-state index >= 15 is 0 Å². The molecule has 0 aliphatic heterocycles. The van der Waals surface area contributed by atoms with Crippen LogP contribution in [0.1, 0.15) is 36.5 Å². The van der Waals surface area contributed by atoms with Crippen LogP contribution in [-0.4, -0.2) is 50.5 Å². The van der Waals surface area contributed by atoms with Gasteiger partial charge in [0, 0.05) is 29.6 Å². The molecule has 0 fully saturated rings. The number of nitrogens with zero attached hydrogens (tertiary/aromatic N) is 2. The number of carbonyl (C=O) groups is 2. The molecule has 10 heteroatoms. The summed E-state index contributed by atoms with van der Waals surface area (Å²) in [5.41, 5.74) is 2.87. The summed E-state index contributed by atoms with van der Waals surface area (Å²) in [6.45, 7) is 4.04. The van der Waals surface area contributed by atoms with Gasteiger partial charge in [-0.05, 0) is 42.7 Å². The Morgan fingerprint density at radius 3 is 2.17 bits per heavy atom. The molecular formula is C30H35Cl2N3O4S. The first-order chi connectivity index (χ1) is 19.0. The average molecular weight is 605 g/mol. The van der Waals surface area contributed by atoms with Gasteiger partial charge in [0.05, 0.1) is 11.9 Å². The lowest BCUT2D eigenvalue weighted by Crippen LogP contribution is -2.53. The highest BCUT2D eigenvalue weighted by Gasteiger charge is 2.33. The van der Waals surface area contributed by atoms with Crippen molar-refractivity contribution >= 4 is 50.7 Å². The Labute approximate surface area is 247 Å². The van der Waals surface area contributed by atoms with E-state index in [9.17, 15) is 18.0 Å². The van der Waals surface area contributed by atoms with Crippen LogP contribution in [0.15, 0.2) is 72.8 Å². The lowest BCUT2D eigenvalue weighted by molar-refractivity contribution is -0.140. The molecule has 7 nitrogen and oxygen atoms in total. The molecule has 214 valence electrons. The zero-order chi connectivity index (χ0) is 29.3. The van der Waals surface area contributed by atoms with Gasteiger partial charge in [0.25, 0.3) is 0 Å². The van der Waals surface area contributed by atoms with Crippen molar-refractivity contribution in [1.29, 1.82) is 0 Å². The van der Waals surface area contributed by atoms with E-state index in [-0.39, 0.29) is 34.6 Å². The van der Waals surface area contributed by atoms with Crippen LogP contribution in [0.2, 0.25) is 10.0 Å². The minimum atomic E-state index is -3.91. The summed E-state index contributed by atoms with van der Waals surface area (Å²) in [6, 6.07) is 20.6. The smallest absolute Gasteiger partial charge is 0.244 e. The van der Waals surface area contributed by atoms with E-state index in [1.165, 1.54) is 23.1 Å². The predicted octanol–water partition coefficient (Wildman–Crippen LogP) is 5.62. The van der Waals surface area contributed by atoms with Crippen molar-refractivity contribution in [3.05, 3.63) is 99.5 Å². The highest BCUT2D eigenvalue weighted by Crippen LogP contribution is 2.27. The highest BCUT2D eigenvalue weighted by molar-refractivity contribution is 7.92. The molecule has 40 heavy (non-hydrogen) atoms. The van der Waals surface area contributed by atoms with Gasteiger partial charge in [0.15, 0.2) is 0 Å². The number of amides is 2. The van der Waals surface area contributed by atoms with E-state index < -0.39 is 28.5 Å². The third kappa shape index (κ3) is 9.25. The zero-order valence-electron chi connectivity index (χ0n) is 22.9. The molecule has 0 aliphatic carbocycles. The number of carbonyl (C=O) groups excluding carboxylic acids is 2. The normalized spacial score (nSPS) is 12.0. The fourth-order valence-electron chi connectivity index (χ4n) is 4.36. The topological polar surface area (TPSA) is 86.8 Å². The largest absolute Gasteiger partial charge is 0.354 e. The second-order valence-electron chi connectivity index (χ2n) is 9.76. The molecule has 0 saturated heterocycles. The summed E-state index contributed by atoms with van der Waals surface area (Å²) in [4.78, 5) is 29.1. The number of unbranched alkanes of at least 4 members (excludes halogenated alkanes) is 1. The van der Waals surface area contributed by atoms with Crippen LogP contribution in [-0.2, 0) is 32.6 Å². The lowest BCUT2D eigenvalue weighted by Gasteiger charge is -2.33. The standard InChI is InChI=1S/C30H35Cl2N3O4S/c1-4-5-14-33-30(37)28(16-23-11-7-6-8-12-23)34(20-24-13-9-10-22(2)15-24)29(36)21-35(40(3,38)39)27-18-25(31)17-26(32)19-27/h6-13,15,17-19,28H,4-5,14,16,20-21H2,1-3H3,(H,33,37). The number of benzene rings is 3. The van der Waals surface area contributed by atoms with Gasteiger partial charge in [-0.2, -0.15) is 0 Å². The van der Waals surface area contributed by atoms with Crippen LogP contribution >= 0.6 is 23.2 Å². The number of hydrogen-bond donors (Lipinski definition) is 1. The molecular weight excluding hydrogens is 569 g/mol. The van der Waals surface area contributed by atoms with Crippen molar-refractivity contribution in [1.82, 2.24) is 10.2 Å². The molecule has 0 spiro atoms. The summed E-state index contributed by atoms with van der Waals surface area (Å²) >= 11 is 12.3. The Balaban J connectivity index is 2.05. The van der Waals surface area contributed by atoms with E-state index in [1.54, 1.807) is 0 Å². The number of hydrogen-bond acceptors (Lipinski definition) is 4. The fraction of sp³-hybridized carbons (Fsp3) is 0.333. The van der Waals surface area contributed by atoms with Crippen molar-refractivity contribution in [3.8, 4) is 0 Å². The maximum atomic E-state index is 14.1. The van der Waals surface area contributed by atoms with Crippen LogP contribution in [0.4, 0.5) is 5.69 Å². The van der Waals surface area contributed by atoms with E-state index in [4.69, 9.17) is 23.2 Å². The molecule has 0 aliphatic rings. The zero-order valence-corrected chi connectivity index (χ0v) is 25.3. The van der Waals surface area contributed by atoms with Crippen molar-refractivity contribution in [3.63, 3.8) is 0 Å². The summed E-state index contributed by atoms with van der Waals surface area (Å²) in [5.74, 6) is -0.829. The van der Waals surface area contributed by atoms with Gasteiger partial charge in [0.1, 0.15) is 12.6 Å². The van der Waals surface area contributed by atoms with Gasteiger partial charge < -0.3 is 10.2 Å². The second kappa shape index (κ2) is 14.5. The molecule has 0 bridgehead atoms. The minimum absolute atomic E-state index is 0.118. The number of rotatable bonds is 13. The number of halogens is 2. The number of anilines is 1. The minimum Gasteiger partial charge on any atom is -0.354 e. The average Bonchev–Trinajstić information content (AvgIpc) is 2.88. The molecule has 0 heterocycles. The molecule has 0 aromatic heterocycles. The first-order valence-corrected chi connectivity index (χ1v) is 15.7. The quantitative estimate of drug-likeness (QED) is 0.257. The van der Waals surface area contributed by atoms with Crippen molar-refractivity contribution in [2.45, 2.75) is 45.7 Å². The molecule has 3 rings (SSSR count). The Bertz CT molecular complexity index is 1400. The Kier molecular flexibility index (Phi) is 11.4. The van der Waals surface area contributed by atoms with Crippen LogP contribution in [0.5, 0.6) is 0 Å². The van der Waals surface area contributed by atoms with Crippen molar-refractivity contribution in [2.75, 3.05) is 23.7 Å². The Morgan fingerprint density at radius 2 is 1.57 bits per heavy atom. The molecule has 3 aromatic carbocycles. The van der Waals surface area contributed by atoms with Gasteiger partial charge in [-0.1, -0.05) is 96.7 Å². The Hall–Kier alpha value is -3.07. The third-order valence-electron chi connectivity index (χ3n) is 6.35. The van der Waals surface area contributed by atoms with Crippen LogP contribution in [0, 0.1) is 6.92 Å². The van der Waals surface area contributed by atoms with Crippen LogP contribution in [0.3, 0.4) is 0 Å². The summed E-state index contributed by atoms with van der Waals surface area (Å²) in [5, 5.41) is 3.43. The third-order valence-corrected chi connectivity index (χ3v) is 7.93. The first kappa shape index (κ1) is 31.5. The van der Waals surface area contributed by atoms with E-state index in [0.29, 0.717) is 6.54 Å². The number of sulfonamides is 1. The summed E-state index contributed by atoms with van der Waals surface area (Å²) in [6.07, 6.45) is 2.98. The maximum absolute atomic E-state index is 14.1. The van der Waals surface area contributed by atoms with E-state index in [2.05, 4.69) is 5.32 Å². The lowest BCUT2D eigenvalue weighted by atomic mass is 10.0. The summed E-state index contributed by atoms with van der Waals surface area (Å²) < 4.78 is 26.7. The fourth-order valence-corrected chi connectivity index (χ4v) is 5.71. The van der Waals surface area contributed by atoms with Gasteiger partial charge >= 0.3 is 0 Å². The van der Waals surface area contributed by atoms with Gasteiger partial charge in [-0.25, -0.2) is 8.42 Å². The van der Waals surface area contributed by atoms with Crippen molar-refractivity contribution < 1.29 is 18.0 Å². The predicted molar refractivity (Wildman–Crippen MR) is 162 cm³/mol. The molecule has 3 aromatic rings. The number of nitrogens with one attached hydrogen (secondary N) is 1. The Morgan fingerprint density at radius 1 is 0.925 bits per heavy atom. The van der Waals surface area contributed by atoms with Crippen LogP contribution in [0.25, 0.3) is 0 Å². The van der Waals surface area contributed by atoms with Crippen LogP contribution < -0.4 is 9.62 Å². The first-order valence-electron chi connectivity index (χ1n) is 13.1. The SMILES string of the molecule is CCCCNC(=O)C(Cc1ccccc1)N(Cc1cccc(C)c1)C(=O)CN(c1cc(Cl)cc(Cl)c1)S(C)(=O)=O. The number of aryl methyl sites for hydroxylation is 1.